The maximum absolute atomic E-state index is 6.09. The third-order valence-corrected chi connectivity index (χ3v) is 4.98. The Morgan fingerprint density at radius 2 is 2.00 bits per heavy atom. The first-order valence-corrected chi connectivity index (χ1v) is 7.51. The van der Waals surface area contributed by atoms with E-state index in [1.54, 1.807) is 0 Å². The number of hydrogen-bond donors (Lipinski definition) is 1. The van der Waals surface area contributed by atoms with Gasteiger partial charge in [0.15, 0.2) is 0 Å². The molecule has 0 spiro atoms. The van der Waals surface area contributed by atoms with E-state index in [-0.39, 0.29) is 5.54 Å². The van der Waals surface area contributed by atoms with Crippen LogP contribution in [0.25, 0.3) is 0 Å². The second-order valence-corrected chi connectivity index (χ2v) is 6.48. The van der Waals surface area contributed by atoms with Crippen molar-refractivity contribution >= 4 is 0 Å². The van der Waals surface area contributed by atoms with Crippen LogP contribution < -0.4 is 5.73 Å². The number of rotatable bonds is 6. The lowest BCUT2D eigenvalue weighted by molar-refractivity contribution is 0.0855. The first-order chi connectivity index (χ1) is 9.05. The summed E-state index contributed by atoms with van der Waals surface area (Å²) in [6, 6.07) is 8.65. The predicted molar refractivity (Wildman–Crippen MR) is 82.1 cm³/mol. The van der Waals surface area contributed by atoms with E-state index in [0.29, 0.717) is 0 Å². The zero-order chi connectivity index (χ0) is 13.9. The third kappa shape index (κ3) is 3.37. The van der Waals surface area contributed by atoms with Crippen molar-refractivity contribution in [1.82, 2.24) is 4.90 Å². The number of likely N-dealkylation sites (N-methyl/N-ethyl adjacent to an activating group) is 1. The Hall–Kier alpha value is -0.860. The van der Waals surface area contributed by atoms with Crippen molar-refractivity contribution in [1.29, 1.82) is 0 Å². The molecule has 19 heavy (non-hydrogen) atoms. The van der Waals surface area contributed by atoms with E-state index in [1.165, 1.54) is 36.8 Å². The molecule has 0 heterocycles. The molecule has 0 aliphatic heterocycles. The van der Waals surface area contributed by atoms with Gasteiger partial charge >= 0.3 is 0 Å². The van der Waals surface area contributed by atoms with Crippen LogP contribution in [-0.4, -0.2) is 24.0 Å². The van der Waals surface area contributed by atoms with Crippen molar-refractivity contribution in [2.45, 2.75) is 51.6 Å². The molecule has 1 saturated carbocycles. The van der Waals surface area contributed by atoms with Crippen LogP contribution in [0.5, 0.6) is 0 Å². The van der Waals surface area contributed by atoms with Gasteiger partial charge in [-0.05, 0) is 44.4 Å². The maximum atomic E-state index is 6.09. The second kappa shape index (κ2) is 6.06. The second-order valence-electron chi connectivity index (χ2n) is 6.48. The molecular weight excluding hydrogens is 232 g/mol. The van der Waals surface area contributed by atoms with Gasteiger partial charge in [0.25, 0.3) is 0 Å². The Bertz CT molecular complexity index is 411. The minimum Gasteiger partial charge on any atom is -0.329 e. The Labute approximate surface area is 118 Å². The number of benzene rings is 1. The Kier molecular flexibility index (Phi) is 4.64. The summed E-state index contributed by atoms with van der Waals surface area (Å²) in [5.41, 5.74) is 9.01. The predicted octanol–water partition coefficient (Wildman–Crippen LogP) is 3.33. The molecule has 0 amide bonds. The van der Waals surface area contributed by atoms with Gasteiger partial charge in [-0.2, -0.15) is 0 Å². The Morgan fingerprint density at radius 3 is 2.53 bits per heavy atom. The average Bonchev–Trinajstić information content (AvgIpc) is 2.36. The van der Waals surface area contributed by atoms with Gasteiger partial charge in [0.1, 0.15) is 0 Å². The maximum Gasteiger partial charge on any atom is 0.0306 e. The summed E-state index contributed by atoms with van der Waals surface area (Å²) in [6.07, 6.45) is 5.44. The van der Waals surface area contributed by atoms with Crippen LogP contribution in [0.4, 0.5) is 0 Å². The molecule has 1 atom stereocenters. The van der Waals surface area contributed by atoms with Gasteiger partial charge in [-0.3, -0.25) is 4.90 Å². The number of hydrogen-bond acceptors (Lipinski definition) is 2. The van der Waals surface area contributed by atoms with Crippen molar-refractivity contribution in [3.8, 4) is 0 Å². The first kappa shape index (κ1) is 14.5. The van der Waals surface area contributed by atoms with Gasteiger partial charge in [-0.1, -0.05) is 43.5 Å². The fourth-order valence-electron chi connectivity index (χ4n) is 2.95. The zero-order valence-corrected chi connectivity index (χ0v) is 12.7. The van der Waals surface area contributed by atoms with Crippen molar-refractivity contribution in [2.24, 2.45) is 11.7 Å². The van der Waals surface area contributed by atoms with Gasteiger partial charge in [0, 0.05) is 18.6 Å². The SMILES string of the molecule is Cc1ccccc1CN(C)C(C)(CN)CC1CCC1. The molecule has 0 bridgehead atoms. The molecule has 2 N–H and O–H groups in total. The molecule has 0 radical (unpaired) electrons. The number of nitrogens with zero attached hydrogens (tertiary/aromatic N) is 1. The third-order valence-electron chi connectivity index (χ3n) is 4.98. The van der Waals surface area contributed by atoms with Gasteiger partial charge in [0.05, 0.1) is 0 Å². The topological polar surface area (TPSA) is 29.3 Å². The van der Waals surface area contributed by atoms with Crippen LogP contribution in [-0.2, 0) is 6.54 Å². The monoisotopic (exact) mass is 260 g/mol. The summed E-state index contributed by atoms with van der Waals surface area (Å²) < 4.78 is 0. The van der Waals surface area contributed by atoms with Crippen LogP contribution in [0.15, 0.2) is 24.3 Å². The highest BCUT2D eigenvalue weighted by molar-refractivity contribution is 5.25. The lowest BCUT2D eigenvalue weighted by Crippen LogP contribution is -2.51. The molecule has 1 fully saturated rings. The van der Waals surface area contributed by atoms with Crippen molar-refractivity contribution in [2.75, 3.05) is 13.6 Å². The van der Waals surface area contributed by atoms with Crippen LogP contribution in [0.1, 0.15) is 43.7 Å². The summed E-state index contributed by atoms with van der Waals surface area (Å²) >= 11 is 0. The minimum atomic E-state index is 0.132. The van der Waals surface area contributed by atoms with Crippen LogP contribution >= 0.6 is 0 Å². The fourth-order valence-corrected chi connectivity index (χ4v) is 2.95. The normalized spacial score (nSPS) is 19.2. The van der Waals surface area contributed by atoms with Gasteiger partial charge in [0.2, 0.25) is 0 Å². The molecule has 2 rings (SSSR count). The average molecular weight is 260 g/mol. The van der Waals surface area contributed by atoms with E-state index >= 15 is 0 Å². The molecule has 0 aromatic heterocycles. The van der Waals surface area contributed by atoms with E-state index in [2.05, 4.69) is 50.1 Å². The molecule has 2 heteroatoms. The molecule has 106 valence electrons. The smallest absolute Gasteiger partial charge is 0.0306 e. The molecule has 1 aliphatic carbocycles. The number of aryl methyl sites for hydroxylation is 1. The highest BCUT2D eigenvalue weighted by atomic mass is 15.2. The summed E-state index contributed by atoms with van der Waals surface area (Å²) in [7, 11) is 2.22. The zero-order valence-electron chi connectivity index (χ0n) is 12.7. The molecule has 0 saturated heterocycles. The molecular formula is C17H28N2. The van der Waals surface area contributed by atoms with Gasteiger partial charge in [-0.25, -0.2) is 0 Å². The van der Waals surface area contributed by atoms with E-state index < -0.39 is 0 Å². The van der Waals surface area contributed by atoms with Crippen molar-refractivity contribution in [3.05, 3.63) is 35.4 Å². The highest BCUT2D eigenvalue weighted by Crippen LogP contribution is 2.35. The molecule has 1 aromatic carbocycles. The summed E-state index contributed by atoms with van der Waals surface area (Å²) in [5, 5.41) is 0. The Balaban J connectivity index is 2.03. The molecule has 1 unspecified atom stereocenters. The quantitative estimate of drug-likeness (QED) is 0.850. The van der Waals surface area contributed by atoms with E-state index in [4.69, 9.17) is 5.73 Å². The standard InChI is InChI=1S/C17H28N2/c1-14-7-4-5-10-16(14)12-19(3)17(2,13-18)11-15-8-6-9-15/h4-5,7,10,15H,6,8-9,11-13,18H2,1-3H3. The van der Waals surface area contributed by atoms with Gasteiger partial charge in [-0.15, -0.1) is 0 Å². The first-order valence-electron chi connectivity index (χ1n) is 7.51. The summed E-state index contributed by atoms with van der Waals surface area (Å²) in [5.74, 6) is 0.896. The van der Waals surface area contributed by atoms with Crippen molar-refractivity contribution < 1.29 is 0 Å². The van der Waals surface area contributed by atoms with Crippen LogP contribution in [0.3, 0.4) is 0 Å². The van der Waals surface area contributed by atoms with Crippen molar-refractivity contribution in [3.63, 3.8) is 0 Å². The van der Waals surface area contributed by atoms with E-state index in [1.807, 2.05) is 0 Å². The summed E-state index contributed by atoms with van der Waals surface area (Å²) in [4.78, 5) is 2.45. The molecule has 2 nitrogen and oxygen atoms in total. The minimum absolute atomic E-state index is 0.132. The lowest BCUT2D eigenvalue weighted by atomic mass is 9.76. The fraction of sp³-hybridized carbons (Fsp3) is 0.647. The van der Waals surface area contributed by atoms with Gasteiger partial charge < -0.3 is 5.73 Å². The lowest BCUT2D eigenvalue weighted by Gasteiger charge is -2.43. The van der Waals surface area contributed by atoms with E-state index in [0.717, 1.165) is 19.0 Å². The molecule has 1 aromatic rings. The summed E-state index contributed by atoms with van der Waals surface area (Å²) in [6.45, 7) is 6.25. The van der Waals surface area contributed by atoms with Crippen LogP contribution in [0.2, 0.25) is 0 Å². The highest BCUT2D eigenvalue weighted by Gasteiger charge is 2.33. The van der Waals surface area contributed by atoms with E-state index in [9.17, 15) is 0 Å². The van der Waals surface area contributed by atoms with Crippen LogP contribution in [0, 0.1) is 12.8 Å². The molecule has 1 aliphatic rings. The Morgan fingerprint density at radius 1 is 1.32 bits per heavy atom. The largest absolute Gasteiger partial charge is 0.329 e. The number of nitrogens with two attached hydrogens (primary N) is 1.